The Morgan fingerprint density at radius 1 is 0.773 bits per heavy atom. The number of benzene rings is 2. The van der Waals surface area contributed by atoms with Crippen LogP contribution in [0.15, 0.2) is 60.8 Å². The van der Waals surface area contributed by atoms with Crippen LogP contribution >= 0.6 is 0 Å². The first-order valence-corrected chi connectivity index (χ1v) is 7.57. The van der Waals surface area contributed by atoms with E-state index in [4.69, 9.17) is 0 Å². The molecule has 1 aromatic heterocycles. The lowest BCUT2D eigenvalue weighted by atomic mass is 9.99. The summed E-state index contributed by atoms with van der Waals surface area (Å²) in [6, 6.07) is 19.4. The Hall–Kier alpha value is -2.67. The summed E-state index contributed by atoms with van der Waals surface area (Å²) in [4.78, 5) is 4.60. The molecule has 0 saturated carbocycles. The van der Waals surface area contributed by atoms with Crippen molar-refractivity contribution in [3.05, 3.63) is 88.6 Å². The number of nitrogens with zero attached hydrogens (tertiary/aromatic N) is 1. The fourth-order valence-corrected chi connectivity index (χ4v) is 3.05. The summed E-state index contributed by atoms with van der Waals surface area (Å²) in [6.45, 7) is 4.25. The Bertz CT molecular complexity index is 886. The molecule has 2 aromatic carbocycles. The summed E-state index contributed by atoms with van der Waals surface area (Å²) in [5.74, 6) is 0. The van der Waals surface area contributed by atoms with Crippen LogP contribution in [0.2, 0.25) is 0 Å². The zero-order valence-corrected chi connectivity index (χ0v) is 12.8. The fourth-order valence-electron chi connectivity index (χ4n) is 3.05. The Morgan fingerprint density at radius 2 is 1.55 bits per heavy atom. The topological polar surface area (TPSA) is 12.9 Å². The third-order valence-corrected chi connectivity index (χ3v) is 4.21. The van der Waals surface area contributed by atoms with E-state index >= 15 is 0 Å². The standard InChI is InChI=1S/C21H17N/c1-14-5-8-16(9-6-14)13-20-17-4-3-11-22-21(17)18-10-7-15(2)12-19(18)20/h3-13H,1-2H3/b20-13+. The summed E-state index contributed by atoms with van der Waals surface area (Å²) in [5, 5.41) is 0. The molecule has 0 amide bonds. The minimum atomic E-state index is 1.09. The van der Waals surface area contributed by atoms with Crippen molar-refractivity contribution in [1.82, 2.24) is 4.98 Å². The fraction of sp³-hybridized carbons (Fsp3) is 0.0952. The van der Waals surface area contributed by atoms with Gasteiger partial charge in [0.1, 0.15) is 0 Å². The van der Waals surface area contributed by atoms with Gasteiger partial charge in [-0.25, -0.2) is 0 Å². The molecule has 1 nitrogen and oxygen atoms in total. The summed E-state index contributed by atoms with van der Waals surface area (Å²) in [5.41, 5.74) is 9.90. The zero-order valence-electron chi connectivity index (χ0n) is 12.8. The summed E-state index contributed by atoms with van der Waals surface area (Å²) < 4.78 is 0. The molecule has 0 radical (unpaired) electrons. The average Bonchev–Trinajstić information content (AvgIpc) is 2.83. The molecule has 0 N–H and O–H groups in total. The largest absolute Gasteiger partial charge is 0.256 e. The number of hydrogen-bond acceptors (Lipinski definition) is 1. The number of fused-ring (bicyclic) bond motifs is 3. The van der Waals surface area contributed by atoms with E-state index in [9.17, 15) is 0 Å². The van der Waals surface area contributed by atoms with Gasteiger partial charge < -0.3 is 0 Å². The van der Waals surface area contributed by atoms with Gasteiger partial charge in [-0.1, -0.05) is 59.7 Å². The molecule has 0 aliphatic heterocycles. The van der Waals surface area contributed by atoms with E-state index in [-0.39, 0.29) is 0 Å². The third-order valence-electron chi connectivity index (χ3n) is 4.21. The molecule has 1 aliphatic carbocycles. The van der Waals surface area contributed by atoms with Crippen LogP contribution in [0.25, 0.3) is 22.9 Å². The van der Waals surface area contributed by atoms with Crippen LogP contribution in [0.4, 0.5) is 0 Å². The van der Waals surface area contributed by atoms with Crippen molar-refractivity contribution < 1.29 is 0 Å². The first-order chi connectivity index (χ1) is 10.7. The highest BCUT2D eigenvalue weighted by Crippen LogP contribution is 2.43. The highest BCUT2D eigenvalue weighted by Gasteiger charge is 2.24. The highest BCUT2D eigenvalue weighted by molar-refractivity contribution is 6.05. The first kappa shape index (κ1) is 13.0. The second-order valence-electron chi connectivity index (χ2n) is 5.92. The molecule has 1 heteroatoms. The monoisotopic (exact) mass is 283 g/mol. The van der Waals surface area contributed by atoms with Crippen LogP contribution in [-0.2, 0) is 0 Å². The van der Waals surface area contributed by atoms with Crippen molar-refractivity contribution in [3.63, 3.8) is 0 Å². The van der Waals surface area contributed by atoms with Gasteiger partial charge in [-0.2, -0.15) is 0 Å². The molecule has 0 unspecified atom stereocenters. The maximum Gasteiger partial charge on any atom is 0.0786 e. The molecule has 1 aliphatic rings. The smallest absolute Gasteiger partial charge is 0.0786 e. The Balaban J connectivity index is 1.96. The normalized spacial score (nSPS) is 14.0. The predicted octanol–water partition coefficient (Wildman–Crippen LogP) is 5.27. The second-order valence-corrected chi connectivity index (χ2v) is 5.92. The van der Waals surface area contributed by atoms with Crippen molar-refractivity contribution in [2.24, 2.45) is 0 Å². The minimum absolute atomic E-state index is 1.09. The number of rotatable bonds is 1. The molecule has 4 rings (SSSR count). The highest BCUT2D eigenvalue weighted by atomic mass is 14.7. The predicted molar refractivity (Wildman–Crippen MR) is 92.6 cm³/mol. The first-order valence-electron chi connectivity index (χ1n) is 7.57. The van der Waals surface area contributed by atoms with Gasteiger partial charge >= 0.3 is 0 Å². The van der Waals surface area contributed by atoms with E-state index < -0.39 is 0 Å². The lowest BCUT2D eigenvalue weighted by molar-refractivity contribution is 1.33. The second kappa shape index (κ2) is 4.96. The van der Waals surface area contributed by atoms with Gasteiger partial charge in [0.25, 0.3) is 0 Å². The van der Waals surface area contributed by atoms with Crippen molar-refractivity contribution in [3.8, 4) is 11.3 Å². The van der Waals surface area contributed by atoms with Gasteiger partial charge in [-0.05, 0) is 42.7 Å². The van der Waals surface area contributed by atoms with Crippen molar-refractivity contribution in [2.75, 3.05) is 0 Å². The number of pyridine rings is 1. The lowest BCUT2D eigenvalue weighted by Gasteiger charge is -2.04. The van der Waals surface area contributed by atoms with Crippen LogP contribution < -0.4 is 0 Å². The zero-order chi connectivity index (χ0) is 15.1. The Labute approximate surface area is 131 Å². The molecule has 22 heavy (non-hydrogen) atoms. The van der Waals surface area contributed by atoms with E-state index in [2.05, 4.69) is 73.4 Å². The van der Waals surface area contributed by atoms with Crippen molar-refractivity contribution in [2.45, 2.75) is 13.8 Å². The van der Waals surface area contributed by atoms with E-state index in [1.54, 1.807) is 0 Å². The van der Waals surface area contributed by atoms with Crippen molar-refractivity contribution in [1.29, 1.82) is 0 Å². The lowest BCUT2D eigenvalue weighted by Crippen LogP contribution is -1.84. The third kappa shape index (κ3) is 2.06. The van der Waals surface area contributed by atoms with Crippen LogP contribution in [0.1, 0.15) is 27.8 Å². The maximum absolute atomic E-state index is 4.60. The van der Waals surface area contributed by atoms with Crippen LogP contribution in [-0.4, -0.2) is 4.98 Å². The van der Waals surface area contributed by atoms with Gasteiger partial charge in [-0.3, -0.25) is 4.98 Å². The van der Waals surface area contributed by atoms with E-state index in [1.807, 2.05) is 12.3 Å². The molecule has 0 fully saturated rings. The Morgan fingerprint density at radius 3 is 2.36 bits per heavy atom. The summed E-state index contributed by atoms with van der Waals surface area (Å²) in [7, 11) is 0. The molecule has 0 bridgehead atoms. The summed E-state index contributed by atoms with van der Waals surface area (Å²) in [6.07, 6.45) is 4.14. The average molecular weight is 283 g/mol. The quantitative estimate of drug-likeness (QED) is 0.464. The molecule has 0 saturated heterocycles. The van der Waals surface area contributed by atoms with Crippen LogP contribution in [0.3, 0.4) is 0 Å². The number of aromatic nitrogens is 1. The Kier molecular flexibility index (Phi) is 2.93. The van der Waals surface area contributed by atoms with Gasteiger partial charge in [0.05, 0.1) is 5.69 Å². The van der Waals surface area contributed by atoms with E-state index in [0.717, 1.165) is 5.69 Å². The van der Waals surface area contributed by atoms with E-state index in [0.29, 0.717) is 0 Å². The van der Waals surface area contributed by atoms with Crippen LogP contribution in [0, 0.1) is 13.8 Å². The van der Waals surface area contributed by atoms with Gasteiger partial charge in [0.2, 0.25) is 0 Å². The van der Waals surface area contributed by atoms with Gasteiger partial charge in [0, 0.05) is 17.3 Å². The molecule has 0 spiro atoms. The molecular weight excluding hydrogens is 266 g/mol. The van der Waals surface area contributed by atoms with E-state index in [1.165, 1.54) is 39.0 Å². The van der Waals surface area contributed by atoms with Crippen molar-refractivity contribution >= 4 is 11.6 Å². The van der Waals surface area contributed by atoms with Gasteiger partial charge in [0.15, 0.2) is 0 Å². The maximum atomic E-state index is 4.60. The van der Waals surface area contributed by atoms with Gasteiger partial charge in [-0.15, -0.1) is 0 Å². The number of hydrogen-bond donors (Lipinski definition) is 0. The molecule has 3 aromatic rings. The minimum Gasteiger partial charge on any atom is -0.256 e. The summed E-state index contributed by atoms with van der Waals surface area (Å²) >= 11 is 0. The molecule has 1 heterocycles. The molecule has 106 valence electrons. The van der Waals surface area contributed by atoms with Crippen LogP contribution in [0.5, 0.6) is 0 Å². The molecular formula is C21H17N. The SMILES string of the molecule is Cc1ccc(/C=C2/c3cc(C)ccc3-c3ncccc32)cc1. The number of aryl methyl sites for hydroxylation is 2. The molecule has 0 atom stereocenters.